The molecule has 3 N–H and O–H groups in total. The number of hydrogen-bond acceptors (Lipinski definition) is 3. The maximum atomic E-state index is 12.1. The van der Waals surface area contributed by atoms with E-state index >= 15 is 0 Å². The summed E-state index contributed by atoms with van der Waals surface area (Å²) in [5.41, 5.74) is 5.70. The van der Waals surface area contributed by atoms with Gasteiger partial charge in [0.1, 0.15) is 0 Å². The fourth-order valence-electron chi connectivity index (χ4n) is 1.91. The summed E-state index contributed by atoms with van der Waals surface area (Å²) >= 11 is 0. The maximum Gasteiger partial charge on any atom is 0.234 e. The molecule has 0 saturated heterocycles. The first kappa shape index (κ1) is 18.4. The van der Waals surface area contributed by atoms with Crippen molar-refractivity contribution < 1.29 is 4.79 Å². The minimum Gasteiger partial charge on any atom is -0.350 e. The average molecular weight is 271 g/mol. The third-order valence-corrected chi connectivity index (χ3v) is 3.47. The third-order valence-electron chi connectivity index (χ3n) is 3.47. The van der Waals surface area contributed by atoms with E-state index in [0.717, 1.165) is 25.9 Å². The Bertz CT molecular complexity index is 275. The van der Waals surface area contributed by atoms with Gasteiger partial charge in [0.25, 0.3) is 0 Å². The van der Waals surface area contributed by atoms with E-state index in [1.807, 2.05) is 0 Å². The van der Waals surface area contributed by atoms with Crippen LogP contribution in [0.1, 0.15) is 54.4 Å². The van der Waals surface area contributed by atoms with Gasteiger partial charge in [-0.2, -0.15) is 0 Å². The first-order valence-electron chi connectivity index (χ1n) is 7.39. The topological polar surface area (TPSA) is 58.4 Å². The van der Waals surface area contributed by atoms with Gasteiger partial charge >= 0.3 is 0 Å². The van der Waals surface area contributed by atoms with Crippen LogP contribution in [0.4, 0.5) is 0 Å². The molecule has 0 bridgehead atoms. The molecule has 0 radical (unpaired) electrons. The van der Waals surface area contributed by atoms with Crippen molar-refractivity contribution in [2.75, 3.05) is 26.2 Å². The lowest BCUT2D eigenvalue weighted by atomic mass is 9.93. The first-order valence-corrected chi connectivity index (χ1v) is 7.39. The number of nitrogens with one attached hydrogen (secondary N) is 1. The molecule has 0 aromatic carbocycles. The minimum atomic E-state index is -0.127. The van der Waals surface area contributed by atoms with Crippen molar-refractivity contribution in [3.05, 3.63) is 0 Å². The molecule has 0 aliphatic carbocycles. The van der Waals surface area contributed by atoms with Gasteiger partial charge in [0.05, 0.1) is 6.54 Å². The molecule has 4 nitrogen and oxygen atoms in total. The van der Waals surface area contributed by atoms with Crippen LogP contribution < -0.4 is 11.1 Å². The summed E-state index contributed by atoms with van der Waals surface area (Å²) in [6.07, 6.45) is 1.98. The van der Waals surface area contributed by atoms with E-state index in [-0.39, 0.29) is 16.9 Å². The summed E-state index contributed by atoms with van der Waals surface area (Å²) < 4.78 is 0. The largest absolute Gasteiger partial charge is 0.350 e. The summed E-state index contributed by atoms with van der Waals surface area (Å²) in [5.74, 6) is 0.105. The monoisotopic (exact) mass is 271 g/mol. The summed E-state index contributed by atoms with van der Waals surface area (Å²) in [5, 5.41) is 3.09. The average Bonchev–Trinajstić information content (AvgIpc) is 2.28. The van der Waals surface area contributed by atoms with Crippen LogP contribution in [0.15, 0.2) is 0 Å². The van der Waals surface area contributed by atoms with Crippen LogP contribution in [0.2, 0.25) is 0 Å². The van der Waals surface area contributed by atoms with Crippen molar-refractivity contribution in [3.63, 3.8) is 0 Å². The van der Waals surface area contributed by atoms with Gasteiger partial charge in [-0.3, -0.25) is 9.69 Å². The quantitative estimate of drug-likeness (QED) is 0.674. The van der Waals surface area contributed by atoms with Crippen molar-refractivity contribution in [2.24, 2.45) is 11.1 Å². The van der Waals surface area contributed by atoms with Gasteiger partial charge in [-0.15, -0.1) is 0 Å². The Labute approximate surface area is 119 Å². The van der Waals surface area contributed by atoms with Crippen molar-refractivity contribution in [1.82, 2.24) is 10.2 Å². The lowest BCUT2D eigenvalue weighted by Gasteiger charge is -2.32. The zero-order valence-corrected chi connectivity index (χ0v) is 13.7. The molecule has 0 atom stereocenters. The van der Waals surface area contributed by atoms with E-state index in [1.165, 1.54) is 0 Å². The molecule has 0 heterocycles. The van der Waals surface area contributed by atoms with Crippen LogP contribution in [0, 0.1) is 5.41 Å². The van der Waals surface area contributed by atoms with E-state index in [9.17, 15) is 4.79 Å². The molecule has 0 aliphatic heterocycles. The van der Waals surface area contributed by atoms with Gasteiger partial charge in [0, 0.05) is 12.1 Å². The number of carbonyl (C=O) groups is 1. The Kier molecular flexibility index (Phi) is 7.60. The highest BCUT2D eigenvalue weighted by atomic mass is 16.2. The van der Waals surface area contributed by atoms with Crippen molar-refractivity contribution >= 4 is 5.91 Å². The van der Waals surface area contributed by atoms with E-state index in [1.54, 1.807) is 0 Å². The van der Waals surface area contributed by atoms with E-state index in [2.05, 4.69) is 51.8 Å². The molecule has 0 fully saturated rings. The maximum absolute atomic E-state index is 12.1. The molecule has 4 heteroatoms. The molecule has 1 amide bonds. The van der Waals surface area contributed by atoms with Crippen molar-refractivity contribution in [3.8, 4) is 0 Å². The lowest BCUT2D eigenvalue weighted by molar-refractivity contribution is -0.124. The molecule has 0 spiro atoms. The van der Waals surface area contributed by atoms with Gasteiger partial charge in [-0.25, -0.2) is 0 Å². The molecular formula is C15H33N3O. The second-order valence-corrected chi connectivity index (χ2v) is 6.86. The van der Waals surface area contributed by atoms with Gasteiger partial charge < -0.3 is 11.1 Å². The normalized spacial score (nSPS) is 12.8. The van der Waals surface area contributed by atoms with E-state index in [4.69, 9.17) is 5.73 Å². The summed E-state index contributed by atoms with van der Waals surface area (Å²) in [7, 11) is 0. The van der Waals surface area contributed by atoms with Crippen molar-refractivity contribution in [2.45, 2.75) is 59.9 Å². The third kappa shape index (κ3) is 8.22. The number of hydrogen-bond donors (Lipinski definition) is 2. The lowest BCUT2D eigenvalue weighted by Crippen LogP contribution is -2.49. The molecule has 0 unspecified atom stereocenters. The van der Waals surface area contributed by atoms with Crippen LogP contribution >= 0.6 is 0 Å². The minimum absolute atomic E-state index is 0.0513. The Morgan fingerprint density at radius 3 is 2.21 bits per heavy atom. The van der Waals surface area contributed by atoms with Gasteiger partial charge in [-0.05, 0) is 45.2 Å². The number of carbonyl (C=O) groups excluding carboxylic acids is 1. The number of rotatable bonds is 9. The van der Waals surface area contributed by atoms with Crippen LogP contribution in [0.25, 0.3) is 0 Å². The second-order valence-electron chi connectivity index (χ2n) is 6.86. The Balaban J connectivity index is 4.46. The fourth-order valence-corrected chi connectivity index (χ4v) is 1.91. The van der Waals surface area contributed by atoms with Crippen LogP contribution in [-0.4, -0.2) is 42.5 Å². The van der Waals surface area contributed by atoms with Crippen LogP contribution in [0.3, 0.4) is 0 Å². The Hall–Kier alpha value is -0.610. The van der Waals surface area contributed by atoms with Gasteiger partial charge in [0.2, 0.25) is 5.91 Å². The SMILES string of the molecule is CCCN(CC(=O)NC(C)(C)CC)CC(C)(C)CN. The summed E-state index contributed by atoms with van der Waals surface area (Å²) in [6, 6.07) is 0. The van der Waals surface area contributed by atoms with E-state index < -0.39 is 0 Å². The standard InChI is InChI=1S/C15H33N3O/c1-7-9-18(12-14(3,4)11-16)10-13(19)17-15(5,6)8-2/h7-12,16H2,1-6H3,(H,17,19). The Morgan fingerprint density at radius 2 is 1.79 bits per heavy atom. The van der Waals surface area contributed by atoms with Gasteiger partial charge in [0.15, 0.2) is 0 Å². The summed E-state index contributed by atoms with van der Waals surface area (Å²) in [6.45, 7) is 15.5. The molecule has 0 aromatic heterocycles. The predicted octanol–water partition coefficient (Wildman–Crippen LogP) is 1.99. The van der Waals surface area contributed by atoms with Gasteiger partial charge in [-0.1, -0.05) is 27.7 Å². The Morgan fingerprint density at radius 1 is 1.21 bits per heavy atom. The highest BCUT2D eigenvalue weighted by Gasteiger charge is 2.23. The molecule has 19 heavy (non-hydrogen) atoms. The highest BCUT2D eigenvalue weighted by molar-refractivity contribution is 5.78. The molecule has 0 rings (SSSR count). The number of nitrogens with zero attached hydrogens (tertiary/aromatic N) is 1. The predicted molar refractivity (Wildman–Crippen MR) is 82.1 cm³/mol. The highest BCUT2D eigenvalue weighted by Crippen LogP contribution is 2.15. The zero-order chi connectivity index (χ0) is 15.1. The molecule has 114 valence electrons. The van der Waals surface area contributed by atoms with E-state index in [0.29, 0.717) is 13.1 Å². The number of amides is 1. The van der Waals surface area contributed by atoms with Crippen LogP contribution in [-0.2, 0) is 4.79 Å². The molecule has 0 aromatic rings. The smallest absolute Gasteiger partial charge is 0.234 e. The van der Waals surface area contributed by atoms with Crippen LogP contribution in [0.5, 0.6) is 0 Å². The zero-order valence-electron chi connectivity index (χ0n) is 13.7. The first-order chi connectivity index (χ1) is 8.65. The molecule has 0 aliphatic rings. The number of nitrogens with two attached hydrogens (primary N) is 1. The molecule has 0 saturated carbocycles. The second kappa shape index (κ2) is 7.85. The fraction of sp³-hybridized carbons (Fsp3) is 0.933. The van der Waals surface area contributed by atoms with Crippen molar-refractivity contribution in [1.29, 1.82) is 0 Å². The molecular weight excluding hydrogens is 238 g/mol. The summed E-state index contributed by atoms with van der Waals surface area (Å²) in [4.78, 5) is 14.3.